The smallest absolute Gasteiger partial charge is 0.248 e. The third-order valence-corrected chi connectivity index (χ3v) is 3.99. The van der Waals surface area contributed by atoms with E-state index in [9.17, 15) is 9.90 Å². The van der Waals surface area contributed by atoms with E-state index in [0.717, 1.165) is 21.8 Å². The summed E-state index contributed by atoms with van der Waals surface area (Å²) in [5.41, 5.74) is 7.91. The first-order chi connectivity index (χ1) is 9.08. The Morgan fingerprint density at radius 1 is 1.26 bits per heavy atom. The number of amides is 1. The van der Waals surface area contributed by atoms with E-state index in [1.54, 1.807) is 36.0 Å². The van der Waals surface area contributed by atoms with Crippen LogP contribution in [0.25, 0.3) is 0 Å². The minimum atomic E-state index is -0.414. The molecule has 3 N–H and O–H groups in total. The van der Waals surface area contributed by atoms with Crippen molar-refractivity contribution in [2.45, 2.75) is 17.6 Å². The van der Waals surface area contributed by atoms with Gasteiger partial charge in [0.25, 0.3) is 0 Å². The highest BCUT2D eigenvalue weighted by Gasteiger charge is 2.06. The van der Waals surface area contributed by atoms with Crippen molar-refractivity contribution >= 4 is 17.7 Å². The maximum absolute atomic E-state index is 11.1. The second kappa shape index (κ2) is 5.80. The Morgan fingerprint density at radius 2 is 2.00 bits per heavy atom. The van der Waals surface area contributed by atoms with E-state index in [2.05, 4.69) is 0 Å². The van der Waals surface area contributed by atoms with Crippen LogP contribution < -0.4 is 5.73 Å². The molecule has 0 atom stereocenters. The zero-order valence-corrected chi connectivity index (χ0v) is 11.4. The van der Waals surface area contributed by atoms with Gasteiger partial charge in [-0.05, 0) is 42.3 Å². The maximum Gasteiger partial charge on any atom is 0.248 e. The molecule has 2 aromatic rings. The first-order valence-electron chi connectivity index (χ1n) is 5.88. The molecular weight excluding hydrogens is 258 g/mol. The van der Waals surface area contributed by atoms with Crippen molar-refractivity contribution in [1.82, 2.24) is 0 Å². The van der Waals surface area contributed by atoms with Gasteiger partial charge in [0.1, 0.15) is 5.75 Å². The van der Waals surface area contributed by atoms with Crippen molar-refractivity contribution in [2.24, 2.45) is 5.73 Å². The highest BCUT2D eigenvalue weighted by Crippen LogP contribution is 2.31. The number of carbonyl (C=O) groups excluding carboxylic acids is 1. The summed E-state index contributed by atoms with van der Waals surface area (Å²) >= 11 is 1.56. The molecule has 0 radical (unpaired) electrons. The SMILES string of the molecule is Cc1cc(C(N)=O)ccc1CSc1ccccc1O. The Kier molecular flexibility index (Phi) is 4.12. The van der Waals surface area contributed by atoms with Crippen LogP contribution in [0.1, 0.15) is 21.5 Å². The van der Waals surface area contributed by atoms with Crippen molar-refractivity contribution in [1.29, 1.82) is 0 Å². The normalized spacial score (nSPS) is 10.4. The minimum absolute atomic E-state index is 0.291. The largest absolute Gasteiger partial charge is 0.507 e. The molecule has 0 bridgehead atoms. The van der Waals surface area contributed by atoms with Gasteiger partial charge in [0.2, 0.25) is 5.91 Å². The fourth-order valence-corrected chi connectivity index (χ4v) is 2.77. The molecule has 0 saturated heterocycles. The van der Waals surface area contributed by atoms with Gasteiger partial charge < -0.3 is 10.8 Å². The minimum Gasteiger partial charge on any atom is -0.507 e. The highest BCUT2D eigenvalue weighted by atomic mass is 32.2. The van der Waals surface area contributed by atoms with E-state index in [4.69, 9.17) is 5.73 Å². The maximum atomic E-state index is 11.1. The van der Waals surface area contributed by atoms with Gasteiger partial charge in [-0.3, -0.25) is 4.79 Å². The van der Waals surface area contributed by atoms with E-state index in [-0.39, 0.29) is 0 Å². The number of phenolic OH excluding ortho intramolecular Hbond substituents is 1. The fraction of sp³-hybridized carbons (Fsp3) is 0.133. The van der Waals surface area contributed by atoms with E-state index in [0.29, 0.717) is 11.3 Å². The molecule has 0 aromatic heterocycles. The molecule has 0 fully saturated rings. The third kappa shape index (κ3) is 3.29. The molecule has 0 heterocycles. The fourth-order valence-electron chi connectivity index (χ4n) is 1.75. The number of aryl methyl sites for hydroxylation is 1. The van der Waals surface area contributed by atoms with Crippen LogP contribution >= 0.6 is 11.8 Å². The number of nitrogens with two attached hydrogens (primary N) is 1. The number of para-hydroxylation sites is 1. The lowest BCUT2D eigenvalue weighted by Gasteiger charge is -2.08. The molecule has 2 aromatic carbocycles. The van der Waals surface area contributed by atoms with Crippen molar-refractivity contribution in [3.05, 3.63) is 59.2 Å². The van der Waals surface area contributed by atoms with Gasteiger partial charge in [-0.2, -0.15) is 0 Å². The first-order valence-corrected chi connectivity index (χ1v) is 6.86. The van der Waals surface area contributed by atoms with Gasteiger partial charge in [0, 0.05) is 16.2 Å². The Balaban J connectivity index is 2.12. The number of hydrogen-bond acceptors (Lipinski definition) is 3. The van der Waals surface area contributed by atoms with Crippen LogP contribution in [-0.2, 0) is 5.75 Å². The molecular formula is C15H15NO2S. The highest BCUT2D eigenvalue weighted by molar-refractivity contribution is 7.98. The van der Waals surface area contributed by atoms with E-state index < -0.39 is 5.91 Å². The van der Waals surface area contributed by atoms with Crippen molar-refractivity contribution in [3.63, 3.8) is 0 Å². The molecule has 0 aliphatic rings. The van der Waals surface area contributed by atoms with Crippen LogP contribution in [0.2, 0.25) is 0 Å². The van der Waals surface area contributed by atoms with Gasteiger partial charge in [-0.1, -0.05) is 18.2 Å². The van der Waals surface area contributed by atoms with E-state index in [1.165, 1.54) is 0 Å². The molecule has 0 aliphatic carbocycles. The van der Waals surface area contributed by atoms with Crippen molar-refractivity contribution in [3.8, 4) is 5.75 Å². The summed E-state index contributed by atoms with van der Waals surface area (Å²) in [5.74, 6) is 0.615. The number of thioether (sulfide) groups is 1. The second-order valence-electron chi connectivity index (χ2n) is 4.26. The van der Waals surface area contributed by atoms with Crippen molar-refractivity contribution in [2.75, 3.05) is 0 Å². The molecule has 0 spiro atoms. The Hall–Kier alpha value is -1.94. The average Bonchev–Trinajstić information content (AvgIpc) is 2.39. The number of aromatic hydroxyl groups is 1. The molecule has 3 nitrogen and oxygen atoms in total. The topological polar surface area (TPSA) is 63.3 Å². The Labute approximate surface area is 116 Å². The summed E-state index contributed by atoms with van der Waals surface area (Å²) in [7, 11) is 0. The zero-order valence-electron chi connectivity index (χ0n) is 10.6. The third-order valence-electron chi connectivity index (χ3n) is 2.88. The quantitative estimate of drug-likeness (QED) is 0.841. The van der Waals surface area contributed by atoms with E-state index >= 15 is 0 Å². The zero-order chi connectivity index (χ0) is 13.8. The average molecular weight is 273 g/mol. The van der Waals surface area contributed by atoms with Gasteiger partial charge in [0.15, 0.2) is 0 Å². The van der Waals surface area contributed by atoms with Crippen LogP contribution in [0.5, 0.6) is 5.75 Å². The summed E-state index contributed by atoms with van der Waals surface area (Å²) in [6, 6.07) is 12.7. The molecule has 2 rings (SSSR count). The predicted molar refractivity (Wildman–Crippen MR) is 77.4 cm³/mol. The molecule has 98 valence electrons. The van der Waals surface area contributed by atoms with Crippen LogP contribution in [-0.4, -0.2) is 11.0 Å². The molecule has 1 amide bonds. The number of phenols is 1. The summed E-state index contributed by atoms with van der Waals surface area (Å²) in [4.78, 5) is 11.9. The second-order valence-corrected chi connectivity index (χ2v) is 5.28. The van der Waals surface area contributed by atoms with E-state index in [1.807, 2.05) is 25.1 Å². The summed E-state index contributed by atoms with van der Waals surface area (Å²) < 4.78 is 0. The lowest BCUT2D eigenvalue weighted by molar-refractivity contribution is 0.1000. The summed E-state index contributed by atoms with van der Waals surface area (Å²) in [6.07, 6.45) is 0. The Bertz CT molecular complexity index is 611. The molecule has 0 unspecified atom stereocenters. The van der Waals surface area contributed by atoms with Crippen LogP contribution in [0.15, 0.2) is 47.4 Å². The Morgan fingerprint density at radius 3 is 2.63 bits per heavy atom. The number of hydrogen-bond donors (Lipinski definition) is 2. The van der Waals surface area contributed by atoms with Crippen molar-refractivity contribution < 1.29 is 9.90 Å². The molecule has 4 heteroatoms. The van der Waals surface area contributed by atoms with Gasteiger partial charge >= 0.3 is 0 Å². The molecule has 19 heavy (non-hydrogen) atoms. The monoisotopic (exact) mass is 273 g/mol. The first kappa shape index (κ1) is 13.5. The van der Waals surface area contributed by atoms with Gasteiger partial charge in [-0.15, -0.1) is 11.8 Å². The summed E-state index contributed by atoms with van der Waals surface area (Å²) in [6.45, 7) is 1.95. The van der Waals surface area contributed by atoms with Crippen LogP contribution in [0.3, 0.4) is 0 Å². The lowest BCUT2D eigenvalue weighted by atomic mass is 10.1. The molecule has 0 saturated carbocycles. The number of primary amides is 1. The summed E-state index contributed by atoms with van der Waals surface area (Å²) in [5, 5.41) is 9.69. The van der Waals surface area contributed by atoms with Gasteiger partial charge in [-0.25, -0.2) is 0 Å². The number of rotatable bonds is 4. The lowest BCUT2D eigenvalue weighted by Crippen LogP contribution is -2.11. The number of carbonyl (C=O) groups is 1. The standard InChI is InChI=1S/C15H15NO2S/c1-10-8-11(15(16)18)6-7-12(10)9-19-14-5-3-2-4-13(14)17/h2-8,17H,9H2,1H3,(H2,16,18). The van der Waals surface area contributed by atoms with Gasteiger partial charge in [0.05, 0.1) is 0 Å². The molecule has 0 aliphatic heterocycles. The predicted octanol–water partition coefficient (Wildman–Crippen LogP) is 3.09. The van der Waals surface area contributed by atoms with Crippen LogP contribution in [0, 0.1) is 6.92 Å². The number of benzene rings is 2. The van der Waals surface area contributed by atoms with Crippen LogP contribution in [0.4, 0.5) is 0 Å².